The fourth-order valence-corrected chi connectivity index (χ4v) is 2.08. The van der Waals surface area contributed by atoms with Crippen molar-refractivity contribution in [2.24, 2.45) is 0 Å². The molecule has 21 heavy (non-hydrogen) atoms. The van der Waals surface area contributed by atoms with Gasteiger partial charge in [-0.25, -0.2) is 0 Å². The molecule has 0 aliphatic carbocycles. The van der Waals surface area contributed by atoms with Crippen molar-refractivity contribution in [1.29, 1.82) is 5.26 Å². The molecule has 0 amide bonds. The summed E-state index contributed by atoms with van der Waals surface area (Å²) in [7, 11) is 1.56. The number of nitriles is 1. The van der Waals surface area contributed by atoms with E-state index < -0.39 is 0 Å². The van der Waals surface area contributed by atoms with E-state index in [9.17, 15) is 5.11 Å². The van der Waals surface area contributed by atoms with E-state index in [1.807, 2.05) is 30.3 Å². The van der Waals surface area contributed by atoms with Gasteiger partial charge in [0.1, 0.15) is 17.6 Å². The Morgan fingerprint density at radius 3 is 2.52 bits per heavy atom. The van der Waals surface area contributed by atoms with Crippen LogP contribution in [0.4, 0.5) is 0 Å². The summed E-state index contributed by atoms with van der Waals surface area (Å²) in [6.07, 6.45) is 0.890. The molecular weight excluding hydrogens is 264 g/mol. The Labute approximate surface area is 124 Å². The van der Waals surface area contributed by atoms with Crippen molar-refractivity contribution in [2.75, 3.05) is 13.7 Å². The van der Waals surface area contributed by atoms with E-state index in [-0.39, 0.29) is 5.75 Å². The van der Waals surface area contributed by atoms with Gasteiger partial charge in [0.05, 0.1) is 12.7 Å². The lowest BCUT2D eigenvalue weighted by Gasteiger charge is -2.08. The molecule has 0 heterocycles. The van der Waals surface area contributed by atoms with Crippen molar-refractivity contribution < 1.29 is 9.84 Å². The first-order valence-corrected chi connectivity index (χ1v) is 6.78. The SMILES string of the molecule is COc1ccc(CNCCc2ccc(O)cc2)cc1C#N. The molecule has 4 nitrogen and oxygen atoms in total. The van der Waals surface area contributed by atoms with Crippen LogP contribution in [0.25, 0.3) is 0 Å². The monoisotopic (exact) mass is 282 g/mol. The van der Waals surface area contributed by atoms with Crippen LogP contribution >= 0.6 is 0 Å². The van der Waals surface area contributed by atoms with Crippen molar-refractivity contribution >= 4 is 0 Å². The van der Waals surface area contributed by atoms with Gasteiger partial charge in [-0.15, -0.1) is 0 Å². The predicted octanol–water partition coefficient (Wildman–Crippen LogP) is 2.60. The van der Waals surface area contributed by atoms with Crippen LogP contribution in [-0.2, 0) is 13.0 Å². The zero-order valence-corrected chi connectivity index (χ0v) is 12.0. The van der Waals surface area contributed by atoms with Gasteiger partial charge in [-0.3, -0.25) is 0 Å². The predicted molar refractivity (Wildman–Crippen MR) is 81.2 cm³/mol. The van der Waals surface area contributed by atoms with Crippen LogP contribution in [0, 0.1) is 11.3 Å². The summed E-state index contributed by atoms with van der Waals surface area (Å²) < 4.78 is 5.12. The molecule has 0 saturated carbocycles. The molecule has 0 atom stereocenters. The van der Waals surface area contributed by atoms with Crippen LogP contribution in [0.2, 0.25) is 0 Å². The van der Waals surface area contributed by atoms with Crippen LogP contribution in [-0.4, -0.2) is 18.8 Å². The van der Waals surface area contributed by atoms with Crippen LogP contribution in [0.15, 0.2) is 42.5 Å². The number of nitrogens with one attached hydrogen (secondary N) is 1. The molecule has 2 aromatic carbocycles. The quantitative estimate of drug-likeness (QED) is 0.799. The maximum absolute atomic E-state index is 9.22. The van der Waals surface area contributed by atoms with E-state index >= 15 is 0 Å². The second kappa shape index (κ2) is 7.32. The number of hydrogen-bond acceptors (Lipinski definition) is 4. The summed E-state index contributed by atoms with van der Waals surface area (Å²) in [4.78, 5) is 0. The van der Waals surface area contributed by atoms with Crippen molar-refractivity contribution in [3.63, 3.8) is 0 Å². The summed E-state index contributed by atoms with van der Waals surface area (Å²) in [5, 5.41) is 21.6. The van der Waals surface area contributed by atoms with Crippen LogP contribution < -0.4 is 10.1 Å². The number of hydrogen-bond donors (Lipinski definition) is 2. The Hall–Kier alpha value is -2.51. The zero-order chi connectivity index (χ0) is 15.1. The first kappa shape index (κ1) is 14.9. The molecule has 0 unspecified atom stereocenters. The highest BCUT2D eigenvalue weighted by molar-refractivity contribution is 5.45. The highest BCUT2D eigenvalue weighted by atomic mass is 16.5. The van der Waals surface area contributed by atoms with E-state index in [0.29, 0.717) is 17.9 Å². The van der Waals surface area contributed by atoms with Gasteiger partial charge in [0.25, 0.3) is 0 Å². The highest BCUT2D eigenvalue weighted by Gasteiger charge is 2.03. The fraction of sp³-hybridized carbons (Fsp3) is 0.235. The summed E-state index contributed by atoms with van der Waals surface area (Å²) in [5.74, 6) is 0.888. The highest BCUT2D eigenvalue weighted by Crippen LogP contribution is 2.18. The first-order valence-electron chi connectivity index (χ1n) is 6.78. The van der Waals surface area contributed by atoms with Gasteiger partial charge >= 0.3 is 0 Å². The molecule has 0 aliphatic heterocycles. The van der Waals surface area contributed by atoms with Crippen LogP contribution in [0.3, 0.4) is 0 Å². The van der Waals surface area contributed by atoms with Gasteiger partial charge in [0, 0.05) is 6.54 Å². The first-order chi connectivity index (χ1) is 10.2. The molecule has 0 radical (unpaired) electrons. The Kier molecular flexibility index (Phi) is 5.19. The molecular formula is C17H18N2O2. The van der Waals surface area contributed by atoms with Crippen molar-refractivity contribution in [1.82, 2.24) is 5.32 Å². The summed E-state index contributed by atoms with van der Waals surface area (Å²) in [6.45, 7) is 1.54. The third-order valence-electron chi connectivity index (χ3n) is 3.24. The lowest BCUT2D eigenvalue weighted by Crippen LogP contribution is -2.16. The molecule has 0 aliphatic rings. The molecule has 108 valence electrons. The number of phenols is 1. The zero-order valence-electron chi connectivity index (χ0n) is 12.0. The summed E-state index contributed by atoms with van der Waals surface area (Å²) in [6, 6.07) is 15.0. The average Bonchev–Trinajstić information content (AvgIpc) is 2.53. The minimum atomic E-state index is 0.286. The molecule has 0 spiro atoms. The van der Waals surface area contributed by atoms with E-state index in [1.165, 1.54) is 5.56 Å². The molecule has 0 fully saturated rings. The summed E-state index contributed by atoms with van der Waals surface area (Å²) >= 11 is 0. The average molecular weight is 282 g/mol. The number of aromatic hydroxyl groups is 1. The Balaban J connectivity index is 1.83. The minimum absolute atomic E-state index is 0.286. The Bertz CT molecular complexity index is 630. The van der Waals surface area contributed by atoms with Crippen molar-refractivity contribution in [2.45, 2.75) is 13.0 Å². The van der Waals surface area contributed by atoms with Gasteiger partial charge in [-0.05, 0) is 48.4 Å². The molecule has 0 bridgehead atoms. The molecule has 0 saturated heterocycles. The van der Waals surface area contributed by atoms with E-state index in [4.69, 9.17) is 10.00 Å². The Morgan fingerprint density at radius 2 is 1.86 bits per heavy atom. The number of nitrogens with zero attached hydrogens (tertiary/aromatic N) is 1. The lowest BCUT2D eigenvalue weighted by molar-refractivity contribution is 0.413. The number of benzene rings is 2. The normalized spacial score (nSPS) is 10.1. The minimum Gasteiger partial charge on any atom is -0.508 e. The second-order valence-corrected chi connectivity index (χ2v) is 4.74. The molecule has 0 aromatic heterocycles. The number of ether oxygens (including phenoxy) is 1. The van der Waals surface area contributed by atoms with Gasteiger partial charge in [0.2, 0.25) is 0 Å². The maximum atomic E-state index is 9.22. The van der Waals surface area contributed by atoms with Crippen LogP contribution in [0.5, 0.6) is 11.5 Å². The number of rotatable bonds is 6. The second-order valence-electron chi connectivity index (χ2n) is 4.74. The largest absolute Gasteiger partial charge is 0.508 e. The number of phenolic OH excluding ortho intramolecular Hbond substituents is 1. The topological polar surface area (TPSA) is 65.3 Å². The third kappa shape index (κ3) is 4.23. The standard InChI is InChI=1S/C17H18N2O2/c1-21-17-7-4-14(10-15(17)11-18)12-19-9-8-13-2-5-16(20)6-3-13/h2-7,10,19-20H,8-9,12H2,1H3. The maximum Gasteiger partial charge on any atom is 0.136 e. The van der Waals surface area contributed by atoms with E-state index in [1.54, 1.807) is 19.2 Å². The van der Waals surface area contributed by atoms with Crippen molar-refractivity contribution in [3.05, 3.63) is 59.2 Å². The molecule has 2 aromatic rings. The smallest absolute Gasteiger partial charge is 0.136 e. The molecule has 4 heteroatoms. The fourth-order valence-electron chi connectivity index (χ4n) is 2.08. The third-order valence-corrected chi connectivity index (χ3v) is 3.24. The Morgan fingerprint density at radius 1 is 1.14 bits per heavy atom. The van der Waals surface area contributed by atoms with E-state index in [2.05, 4.69) is 11.4 Å². The van der Waals surface area contributed by atoms with Crippen molar-refractivity contribution in [3.8, 4) is 17.6 Å². The van der Waals surface area contributed by atoms with Gasteiger partial charge < -0.3 is 15.2 Å². The molecule has 2 N–H and O–H groups in total. The molecule has 2 rings (SSSR count). The van der Waals surface area contributed by atoms with E-state index in [0.717, 1.165) is 18.5 Å². The summed E-state index contributed by atoms with van der Waals surface area (Å²) in [5.41, 5.74) is 2.78. The van der Waals surface area contributed by atoms with Gasteiger partial charge in [0.15, 0.2) is 0 Å². The van der Waals surface area contributed by atoms with Gasteiger partial charge in [-0.1, -0.05) is 18.2 Å². The number of methoxy groups -OCH3 is 1. The van der Waals surface area contributed by atoms with Crippen LogP contribution in [0.1, 0.15) is 16.7 Å². The van der Waals surface area contributed by atoms with Gasteiger partial charge in [-0.2, -0.15) is 5.26 Å². The lowest BCUT2D eigenvalue weighted by atomic mass is 10.1.